The van der Waals surface area contributed by atoms with Gasteiger partial charge in [-0.05, 0) is 31.2 Å². The molecule has 5 rings (SSSR count). The molecule has 182 valence electrons. The van der Waals surface area contributed by atoms with E-state index in [9.17, 15) is 5.11 Å². The summed E-state index contributed by atoms with van der Waals surface area (Å²) in [6.45, 7) is 7.90. The number of hydrogen-bond acceptors (Lipinski definition) is 7. The highest BCUT2D eigenvalue weighted by atomic mass is 35.5. The number of nitrogens with one attached hydrogen (secondary N) is 1. The number of aromatic nitrogens is 4. The van der Waals surface area contributed by atoms with Gasteiger partial charge in [0, 0.05) is 69.5 Å². The number of hydrogen-bond donors (Lipinski definition) is 2. The quantitative estimate of drug-likeness (QED) is 0.557. The van der Waals surface area contributed by atoms with Crippen LogP contribution in [-0.4, -0.2) is 76.0 Å². The minimum absolute atomic E-state index is 0. The van der Waals surface area contributed by atoms with Crippen LogP contribution in [-0.2, 0) is 0 Å². The van der Waals surface area contributed by atoms with Gasteiger partial charge < -0.3 is 14.9 Å². The van der Waals surface area contributed by atoms with Crippen molar-refractivity contribution >= 4 is 24.0 Å². The average molecular weight is 484 g/mol. The van der Waals surface area contributed by atoms with Gasteiger partial charge in [-0.1, -0.05) is 30.3 Å². The Bertz CT molecular complexity index is 1030. The van der Waals surface area contributed by atoms with Gasteiger partial charge in [0.1, 0.15) is 0 Å². The Labute approximate surface area is 207 Å². The first-order valence-electron chi connectivity index (χ1n) is 11.9. The van der Waals surface area contributed by atoms with Gasteiger partial charge in [0.2, 0.25) is 0 Å². The van der Waals surface area contributed by atoms with Crippen LogP contribution in [0.2, 0.25) is 0 Å². The van der Waals surface area contributed by atoms with Gasteiger partial charge in [-0.2, -0.15) is 5.10 Å². The summed E-state index contributed by atoms with van der Waals surface area (Å²) in [7, 11) is 0. The van der Waals surface area contributed by atoms with Crippen LogP contribution in [0.5, 0.6) is 0 Å². The Kier molecular flexibility index (Phi) is 8.03. The van der Waals surface area contributed by atoms with Gasteiger partial charge in [0.05, 0.1) is 12.2 Å². The summed E-state index contributed by atoms with van der Waals surface area (Å²) in [6.07, 6.45) is 7.57. The maximum atomic E-state index is 9.48. The Hall–Kier alpha value is -2.68. The number of anilines is 2. The van der Waals surface area contributed by atoms with E-state index in [1.54, 1.807) is 12.4 Å². The molecule has 3 aromatic rings. The van der Waals surface area contributed by atoms with Crippen molar-refractivity contribution in [1.29, 1.82) is 0 Å². The normalized spacial score (nSPS) is 18.5. The van der Waals surface area contributed by atoms with E-state index < -0.39 is 0 Å². The van der Waals surface area contributed by atoms with Crippen molar-refractivity contribution in [2.24, 2.45) is 5.92 Å². The number of aliphatic hydroxyl groups is 1. The van der Waals surface area contributed by atoms with Crippen molar-refractivity contribution in [2.75, 3.05) is 55.7 Å². The second kappa shape index (κ2) is 11.2. The highest BCUT2D eigenvalue weighted by Crippen LogP contribution is 2.33. The van der Waals surface area contributed by atoms with Gasteiger partial charge in [-0.15, -0.1) is 12.4 Å². The first-order valence-corrected chi connectivity index (χ1v) is 11.9. The van der Waals surface area contributed by atoms with Crippen molar-refractivity contribution in [3.05, 3.63) is 65.7 Å². The number of halogens is 1. The van der Waals surface area contributed by atoms with Crippen LogP contribution in [0.4, 0.5) is 11.6 Å². The second-order valence-electron chi connectivity index (χ2n) is 9.10. The third kappa shape index (κ3) is 5.04. The van der Waals surface area contributed by atoms with Gasteiger partial charge in [0.15, 0.2) is 11.6 Å². The van der Waals surface area contributed by atoms with Crippen molar-refractivity contribution in [2.45, 2.75) is 25.8 Å². The predicted molar refractivity (Wildman–Crippen MR) is 137 cm³/mol. The van der Waals surface area contributed by atoms with Crippen molar-refractivity contribution in [3.8, 4) is 0 Å². The molecule has 9 heteroatoms. The van der Waals surface area contributed by atoms with Gasteiger partial charge in [0.25, 0.3) is 0 Å². The Morgan fingerprint density at radius 2 is 1.56 bits per heavy atom. The van der Waals surface area contributed by atoms with E-state index in [1.807, 2.05) is 6.20 Å². The SMILES string of the molecule is Cc1[nH]ncc1C(c1ccccc1)N1CCN(c2nccnc2N2CCC(CO)CC2)CC1.Cl. The number of H-pyrrole nitrogens is 1. The van der Waals surface area contributed by atoms with E-state index in [2.05, 4.69) is 62.2 Å². The molecular weight excluding hydrogens is 450 g/mol. The third-order valence-corrected chi connectivity index (χ3v) is 7.09. The van der Waals surface area contributed by atoms with Crippen LogP contribution in [0.25, 0.3) is 0 Å². The number of aromatic amines is 1. The lowest BCUT2D eigenvalue weighted by Crippen LogP contribution is -2.49. The van der Waals surface area contributed by atoms with E-state index in [1.165, 1.54) is 11.1 Å². The number of piperazine rings is 1. The fourth-order valence-corrected chi connectivity index (χ4v) is 5.15. The van der Waals surface area contributed by atoms with Crippen LogP contribution in [0.3, 0.4) is 0 Å². The van der Waals surface area contributed by atoms with E-state index in [4.69, 9.17) is 9.97 Å². The Balaban J connectivity index is 0.00000274. The Morgan fingerprint density at radius 3 is 2.12 bits per heavy atom. The Morgan fingerprint density at radius 1 is 0.941 bits per heavy atom. The van der Waals surface area contributed by atoms with Crippen molar-refractivity contribution < 1.29 is 5.11 Å². The molecular formula is C25H34ClN7O. The van der Waals surface area contributed by atoms with Crippen LogP contribution in [0.15, 0.2) is 48.9 Å². The number of aryl methyl sites for hydroxylation is 1. The average Bonchev–Trinajstić information content (AvgIpc) is 3.30. The summed E-state index contributed by atoms with van der Waals surface area (Å²) in [5, 5.41) is 16.9. The van der Waals surface area contributed by atoms with Crippen LogP contribution in [0, 0.1) is 12.8 Å². The number of piperidine rings is 1. The van der Waals surface area contributed by atoms with Crippen LogP contribution in [0.1, 0.15) is 35.7 Å². The summed E-state index contributed by atoms with van der Waals surface area (Å²) in [4.78, 5) is 16.7. The first-order chi connectivity index (χ1) is 16.2. The molecule has 0 radical (unpaired) electrons. The lowest BCUT2D eigenvalue weighted by Gasteiger charge is -2.41. The van der Waals surface area contributed by atoms with E-state index in [0.29, 0.717) is 5.92 Å². The molecule has 2 N–H and O–H groups in total. The molecule has 2 aliphatic rings. The van der Waals surface area contributed by atoms with Gasteiger partial charge in [-0.25, -0.2) is 9.97 Å². The molecule has 1 aromatic carbocycles. The minimum Gasteiger partial charge on any atom is -0.396 e. The highest BCUT2D eigenvalue weighted by molar-refractivity contribution is 5.85. The molecule has 0 spiro atoms. The fraction of sp³-hybridized carbons (Fsp3) is 0.480. The lowest BCUT2D eigenvalue weighted by atomic mass is 9.97. The molecule has 0 bridgehead atoms. The maximum absolute atomic E-state index is 9.48. The zero-order valence-electron chi connectivity index (χ0n) is 19.7. The van der Waals surface area contributed by atoms with Gasteiger partial charge in [-0.3, -0.25) is 10.00 Å². The summed E-state index contributed by atoms with van der Waals surface area (Å²) >= 11 is 0. The predicted octanol–water partition coefficient (Wildman–Crippen LogP) is 3.05. The summed E-state index contributed by atoms with van der Waals surface area (Å²) in [6, 6.07) is 10.9. The first kappa shape index (κ1) is 24.4. The number of rotatable bonds is 6. The number of aliphatic hydroxyl groups excluding tert-OH is 1. The summed E-state index contributed by atoms with van der Waals surface area (Å²) in [5.41, 5.74) is 3.65. The number of benzene rings is 1. The molecule has 4 heterocycles. The monoisotopic (exact) mass is 483 g/mol. The fourth-order valence-electron chi connectivity index (χ4n) is 5.15. The smallest absolute Gasteiger partial charge is 0.172 e. The van der Waals surface area contributed by atoms with E-state index in [-0.39, 0.29) is 25.1 Å². The second-order valence-corrected chi connectivity index (χ2v) is 9.10. The molecule has 2 aliphatic heterocycles. The minimum atomic E-state index is 0. The molecule has 2 saturated heterocycles. The van der Waals surface area contributed by atoms with Crippen molar-refractivity contribution in [1.82, 2.24) is 25.1 Å². The number of nitrogens with zero attached hydrogens (tertiary/aromatic N) is 6. The zero-order valence-corrected chi connectivity index (χ0v) is 20.5. The zero-order chi connectivity index (χ0) is 22.6. The summed E-state index contributed by atoms with van der Waals surface area (Å²) in [5.74, 6) is 2.37. The van der Waals surface area contributed by atoms with E-state index in [0.717, 1.165) is 69.4 Å². The maximum Gasteiger partial charge on any atom is 0.172 e. The largest absolute Gasteiger partial charge is 0.396 e. The van der Waals surface area contributed by atoms with E-state index >= 15 is 0 Å². The van der Waals surface area contributed by atoms with Gasteiger partial charge >= 0.3 is 0 Å². The molecule has 0 aliphatic carbocycles. The van der Waals surface area contributed by atoms with Crippen LogP contribution < -0.4 is 9.80 Å². The molecule has 0 amide bonds. The highest BCUT2D eigenvalue weighted by Gasteiger charge is 2.30. The molecule has 2 fully saturated rings. The molecule has 2 aromatic heterocycles. The molecule has 8 nitrogen and oxygen atoms in total. The lowest BCUT2D eigenvalue weighted by molar-refractivity contribution is 0.202. The third-order valence-electron chi connectivity index (χ3n) is 7.09. The molecule has 0 saturated carbocycles. The standard InChI is InChI=1S/C25H33N7O.ClH/c1-19-22(17-28-29-19)23(21-5-3-2-4-6-21)30-13-15-32(16-14-30)25-24(26-9-10-27-25)31-11-7-20(18-33)8-12-31;/h2-6,9-10,17,20,23,33H,7-8,11-16,18H2,1H3,(H,28,29);1H. The molecule has 34 heavy (non-hydrogen) atoms. The molecule has 1 atom stereocenters. The molecule has 1 unspecified atom stereocenters. The van der Waals surface area contributed by atoms with Crippen molar-refractivity contribution in [3.63, 3.8) is 0 Å². The van der Waals surface area contributed by atoms with Crippen LogP contribution >= 0.6 is 12.4 Å². The topological polar surface area (TPSA) is 84.4 Å². The summed E-state index contributed by atoms with van der Waals surface area (Å²) < 4.78 is 0.